The predicted octanol–water partition coefficient (Wildman–Crippen LogP) is 2.69. The number of aromatic nitrogens is 1. The van der Waals surface area contributed by atoms with Crippen LogP contribution in [0.25, 0.3) is 0 Å². The van der Waals surface area contributed by atoms with Crippen molar-refractivity contribution in [2.75, 3.05) is 12.8 Å². The molecule has 1 aromatic carbocycles. The highest BCUT2D eigenvalue weighted by Crippen LogP contribution is 2.24. The van der Waals surface area contributed by atoms with Gasteiger partial charge in [-0.05, 0) is 17.7 Å². The maximum absolute atomic E-state index is 11.5. The van der Waals surface area contributed by atoms with E-state index in [1.54, 1.807) is 30.6 Å². The van der Waals surface area contributed by atoms with Gasteiger partial charge in [-0.1, -0.05) is 23.7 Å². The van der Waals surface area contributed by atoms with Crippen LogP contribution >= 0.6 is 11.6 Å². The molecule has 0 amide bonds. The fourth-order valence-corrected chi connectivity index (χ4v) is 2.03. The van der Waals surface area contributed by atoms with E-state index in [4.69, 9.17) is 17.3 Å². The molecule has 0 aliphatic heterocycles. The van der Waals surface area contributed by atoms with Crippen molar-refractivity contribution in [2.45, 2.75) is 6.42 Å². The summed E-state index contributed by atoms with van der Waals surface area (Å²) in [7, 11) is 1.35. The molecule has 0 bridgehead atoms. The maximum Gasteiger partial charge on any atom is 0.337 e. The molecule has 0 aliphatic rings. The number of carbonyl (C=O) groups excluding carboxylic acids is 1. The van der Waals surface area contributed by atoms with Gasteiger partial charge in [-0.3, -0.25) is 4.98 Å². The van der Waals surface area contributed by atoms with Crippen LogP contribution in [-0.4, -0.2) is 18.1 Å². The normalized spacial score (nSPS) is 10.2. The van der Waals surface area contributed by atoms with Gasteiger partial charge in [-0.15, -0.1) is 0 Å². The number of ether oxygens (including phenoxy) is 1. The summed E-state index contributed by atoms with van der Waals surface area (Å²) in [6.07, 6.45) is 3.65. The minimum absolute atomic E-state index is 0.365. The van der Waals surface area contributed by atoms with Crippen molar-refractivity contribution in [3.05, 3.63) is 58.4 Å². The van der Waals surface area contributed by atoms with Crippen molar-refractivity contribution >= 4 is 23.3 Å². The number of anilines is 1. The summed E-state index contributed by atoms with van der Waals surface area (Å²) in [5.74, 6) is -0.365. The molecule has 5 heteroatoms. The van der Waals surface area contributed by atoms with E-state index in [0.29, 0.717) is 22.7 Å². The Morgan fingerprint density at radius 1 is 1.42 bits per heavy atom. The van der Waals surface area contributed by atoms with Crippen LogP contribution in [0.3, 0.4) is 0 Å². The lowest BCUT2D eigenvalue weighted by Gasteiger charge is -2.08. The maximum atomic E-state index is 11.5. The van der Waals surface area contributed by atoms with E-state index in [0.717, 1.165) is 11.1 Å². The smallest absolute Gasteiger partial charge is 0.337 e. The van der Waals surface area contributed by atoms with Crippen molar-refractivity contribution in [3.8, 4) is 0 Å². The molecule has 2 aromatic rings. The molecular formula is C14H13ClN2O2. The third kappa shape index (κ3) is 3.03. The number of rotatable bonds is 3. The summed E-state index contributed by atoms with van der Waals surface area (Å²) in [6.45, 7) is 0. The van der Waals surface area contributed by atoms with Crippen molar-refractivity contribution in [1.82, 2.24) is 4.98 Å². The number of hydrogen-bond donors (Lipinski definition) is 1. The number of halogens is 1. The van der Waals surface area contributed by atoms with E-state index in [2.05, 4.69) is 9.72 Å². The molecule has 1 heterocycles. The van der Waals surface area contributed by atoms with Gasteiger partial charge in [0, 0.05) is 18.2 Å². The Morgan fingerprint density at radius 3 is 2.89 bits per heavy atom. The standard InChI is InChI=1S/C14H13ClN2O2/c1-19-14(18)10-4-2-3-9(5-10)6-11-12(15)7-17-8-13(11)16/h2-5,7-8H,6,16H2,1H3. The summed E-state index contributed by atoms with van der Waals surface area (Å²) in [6, 6.07) is 7.17. The molecular weight excluding hydrogens is 264 g/mol. The first-order valence-corrected chi connectivity index (χ1v) is 6.04. The molecule has 0 atom stereocenters. The molecule has 0 spiro atoms. The molecule has 0 radical (unpaired) electrons. The van der Waals surface area contributed by atoms with E-state index in [-0.39, 0.29) is 5.97 Å². The van der Waals surface area contributed by atoms with Crippen LogP contribution in [0.4, 0.5) is 5.69 Å². The molecule has 0 fully saturated rings. The van der Waals surface area contributed by atoms with Crippen LogP contribution in [0.2, 0.25) is 5.02 Å². The second-order valence-corrected chi connectivity index (χ2v) is 4.47. The number of esters is 1. The number of carbonyl (C=O) groups is 1. The lowest BCUT2D eigenvalue weighted by Crippen LogP contribution is -2.03. The second-order valence-electron chi connectivity index (χ2n) is 4.06. The summed E-state index contributed by atoms with van der Waals surface area (Å²) in [4.78, 5) is 15.4. The fourth-order valence-electron chi connectivity index (χ4n) is 1.79. The fraction of sp³-hybridized carbons (Fsp3) is 0.143. The minimum Gasteiger partial charge on any atom is -0.465 e. The van der Waals surface area contributed by atoms with E-state index in [9.17, 15) is 4.79 Å². The molecule has 19 heavy (non-hydrogen) atoms. The van der Waals surface area contributed by atoms with E-state index >= 15 is 0 Å². The van der Waals surface area contributed by atoms with E-state index in [1.807, 2.05) is 6.07 Å². The van der Waals surface area contributed by atoms with Gasteiger partial charge in [-0.25, -0.2) is 4.79 Å². The van der Waals surface area contributed by atoms with Crippen LogP contribution in [0.15, 0.2) is 36.7 Å². The van der Waals surface area contributed by atoms with Gasteiger partial charge in [-0.2, -0.15) is 0 Å². The quantitative estimate of drug-likeness (QED) is 0.876. The number of hydrogen-bond acceptors (Lipinski definition) is 4. The monoisotopic (exact) mass is 276 g/mol. The number of methoxy groups -OCH3 is 1. The Balaban J connectivity index is 2.31. The first kappa shape index (κ1) is 13.4. The minimum atomic E-state index is -0.365. The molecule has 0 aliphatic carbocycles. The van der Waals surface area contributed by atoms with Crippen molar-refractivity contribution in [3.63, 3.8) is 0 Å². The number of nitrogen functional groups attached to an aromatic ring is 1. The number of nitrogens with two attached hydrogens (primary N) is 1. The summed E-state index contributed by atoms with van der Waals surface area (Å²) in [5, 5.41) is 0.517. The number of pyridine rings is 1. The van der Waals surface area contributed by atoms with Crippen LogP contribution in [0.5, 0.6) is 0 Å². The summed E-state index contributed by atoms with van der Waals surface area (Å²) < 4.78 is 4.69. The first-order valence-electron chi connectivity index (χ1n) is 5.67. The van der Waals surface area contributed by atoms with Gasteiger partial charge in [0.15, 0.2) is 0 Å². The zero-order valence-corrected chi connectivity index (χ0v) is 11.1. The van der Waals surface area contributed by atoms with Gasteiger partial charge in [0.05, 0.1) is 29.6 Å². The molecule has 2 N–H and O–H groups in total. The van der Waals surface area contributed by atoms with Gasteiger partial charge in [0.1, 0.15) is 0 Å². The number of benzene rings is 1. The Labute approximate surface area is 116 Å². The van der Waals surface area contributed by atoms with Crippen molar-refractivity contribution in [2.24, 2.45) is 0 Å². The van der Waals surface area contributed by atoms with Gasteiger partial charge in [0.25, 0.3) is 0 Å². The molecule has 2 rings (SSSR count). The predicted molar refractivity (Wildman–Crippen MR) is 74.2 cm³/mol. The average Bonchev–Trinajstić information content (AvgIpc) is 2.42. The highest BCUT2D eigenvalue weighted by molar-refractivity contribution is 6.31. The third-order valence-corrected chi connectivity index (χ3v) is 3.09. The highest BCUT2D eigenvalue weighted by atomic mass is 35.5. The SMILES string of the molecule is COC(=O)c1cccc(Cc2c(N)cncc2Cl)c1. The Morgan fingerprint density at radius 2 is 2.21 bits per heavy atom. The molecule has 4 nitrogen and oxygen atoms in total. The molecule has 1 aromatic heterocycles. The van der Waals surface area contributed by atoms with Crippen LogP contribution < -0.4 is 5.73 Å². The summed E-state index contributed by atoms with van der Waals surface area (Å²) in [5.41, 5.74) is 8.63. The molecule has 0 saturated heterocycles. The second kappa shape index (κ2) is 5.71. The lowest BCUT2D eigenvalue weighted by atomic mass is 10.0. The number of nitrogens with zero attached hydrogens (tertiary/aromatic N) is 1. The van der Waals surface area contributed by atoms with Gasteiger partial charge >= 0.3 is 5.97 Å². The van der Waals surface area contributed by atoms with Crippen molar-refractivity contribution < 1.29 is 9.53 Å². The van der Waals surface area contributed by atoms with E-state index in [1.165, 1.54) is 7.11 Å². The van der Waals surface area contributed by atoms with Crippen LogP contribution in [0, 0.1) is 0 Å². The van der Waals surface area contributed by atoms with Crippen LogP contribution in [0.1, 0.15) is 21.5 Å². The van der Waals surface area contributed by atoms with E-state index < -0.39 is 0 Å². The van der Waals surface area contributed by atoms with Crippen LogP contribution in [-0.2, 0) is 11.2 Å². The zero-order chi connectivity index (χ0) is 13.8. The largest absolute Gasteiger partial charge is 0.465 e. The topological polar surface area (TPSA) is 65.2 Å². The Bertz CT molecular complexity index is 594. The Kier molecular flexibility index (Phi) is 4.02. The zero-order valence-electron chi connectivity index (χ0n) is 10.4. The third-order valence-electron chi connectivity index (χ3n) is 2.77. The average molecular weight is 277 g/mol. The highest BCUT2D eigenvalue weighted by Gasteiger charge is 2.09. The van der Waals surface area contributed by atoms with Gasteiger partial charge in [0.2, 0.25) is 0 Å². The van der Waals surface area contributed by atoms with Crippen molar-refractivity contribution in [1.29, 1.82) is 0 Å². The molecule has 0 saturated carbocycles. The van der Waals surface area contributed by atoms with Gasteiger partial charge < -0.3 is 10.5 Å². The molecule has 0 unspecified atom stereocenters. The summed E-state index contributed by atoms with van der Waals surface area (Å²) >= 11 is 6.07. The first-order chi connectivity index (χ1) is 9.11. The molecule has 98 valence electrons. The Hall–Kier alpha value is -2.07. The lowest BCUT2D eigenvalue weighted by molar-refractivity contribution is 0.0600.